The predicted molar refractivity (Wildman–Crippen MR) is 340 cm³/mol. The Hall–Kier alpha value is -10.2. The molecule has 0 radical (unpaired) electrons. The fraction of sp³-hybridized carbons (Fsp3) is 0.0649. The first-order valence-corrected chi connectivity index (χ1v) is 28.5. The van der Waals surface area contributed by atoms with Gasteiger partial charge in [0.25, 0.3) is 0 Å². The number of anilines is 6. The minimum atomic E-state index is -0.612. The van der Waals surface area contributed by atoms with Crippen LogP contribution in [0.1, 0.15) is 36.1 Å². The number of fused-ring (bicyclic) bond motifs is 16. The van der Waals surface area contributed by atoms with E-state index in [2.05, 4.69) is 312 Å². The second kappa shape index (κ2) is 18.5. The van der Waals surface area contributed by atoms with Crippen molar-refractivity contribution in [2.45, 2.75) is 32.4 Å². The molecule has 81 heavy (non-hydrogen) atoms. The first-order valence-electron chi connectivity index (χ1n) is 28.5. The second-order valence-corrected chi connectivity index (χ2v) is 21.7. The molecule has 0 bridgehead atoms. The largest absolute Gasteiger partial charge is 0.341 e. The highest BCUT2D eigenvalue weighted by molar-refractivity contribution is 6.12. The van der Waals surface area contributed by atoms with Gasteiger partial charge in [0.15, 0.2) is 0 Å². The number of aromatic nitrogens is 2. The van der Waals surface area contributed by atoms with E-state index in [0.717, 1.165) is 47.2 Å². The highest BCUT2D eigenvalue weighted by atomic mass is 15.2. The SMILES string of the molecule is CCn1c2cc(-c3ccccc3)ccc2c2ccc(N(c3ccccc3)c3ccc4c(c3)C3(c5ccccc5-c5ccccc53)c3cc(N(c5ccccc5)c5ccc6c7ccc(-c8ccccc8)cc7n(CC)c6c5)ccc3-4)cc21. The van der Waals surface area contributed by atoms with Crippen molar-refractivity contribution in [3.05, 3.63) is 301 Å². The van der Waals surface area contributed by atoms with Gasteiger partial charge in [-0.3, -0.25) is 0 Å². The smallest absolute Gasteiger partial charge is 0.0727 e. The van der Waals surface area contributed by atoms with Crippen molar-refractivity contribution in [1.29, 1.82) is 0 Å². The number of benzene rings is 12. The van der Waals surface area contributed by atoms with E-state index in [0.29, 0.717) is 0 Å². The minimum Gasteiger partial charge on any atom is -0.341 e. The summed E-state index contributed by atoms with van der Waals surface area (Å²) in [5.41, 5.74) is 26.2. The predicted octanol–water partition coefficient (Wildman–Crippen LogP) is 20.6. The van der Waals surface area contributed by atoms with Crippen LogP contribution in [0.5, 0.6) is 0 Å². The molecule has 2 heterocycles. The summed E-state index contributed by atoms with van der Waals surface area (Å²) in [4.78, 5) is 4.93. The Balaban J connectivity index is 0.886. The number of para-hydroxylation sites is 2. The number of hydrogen-bond donors (Lipinski definition) is 0. The highest BCUT2D eigenvalue weighted by Crippen LogP contribution is 2.64. The maximum atomic E-state index is 2.52. The first kappa shape index (κ1) is 46.9. The van der Waals surface area contributed by atoms with Crippen molar-refractivity contribution in [2.75, 3.05) is 9.80 Å². The summed E-state index contributed by atoms with van der Waals surface area (Å²) in [6, 6.07) is 104. The summed E-state index contributed by atoms with van der Waals surface area (Å²) >= 11 is 0. The van der Waals surface area contributed by atoms with Gasteiger partial charge in [0.1, 0.15) is 0 Å². The quantitative estimate of drug-likeness (QED) is 0.136. The topological polar surface area (TPSA) is 16.3 Å². The Labute approximate surface area is 472 Å². The van der Waals surface area contributed by atoms with Gasteiger partial charge < -0.3 is 18.9 Å². The fourth-order valence-corrected chi connectivity index (χ4v) is 14.2. The third-order valence-electron chi connectivity index (χ3n) is 17.7. The monoisotopic (exact) mass is 1040 g/mol. The number of aryl methyl sites for hydroxylation is 2. The average molecular weight is 1040 g/mol. The van der Waals surface area contributed by atoms with Crippen LogP contribution in [-0.2, 0) is 18.5 Å². The lowest BCUT2D eigenvalue weighted by Crippen LogP contribution is -2.26. The standard InChI is InChI=1S/C77H56N4/c1-3-78-73-45-53(51-21-9-5-10-22-51)33-39-65(73)67-43-37-59(49-75(67)78)80(55-25-13-7-14-26-55)57-35-41-63-64-42-36-58(48-72(64)77(71(63)47-57)69-31-19-17-29-61(69)62-30-18-20-32-70(62)77)81(56-27-15-8-16-28-56)60-38-44-68-66-40-34-54(52-23-11-6-12-24-52)46-74(66)79(4-2)76(68)50-60/h5-50H,3-4H2,1-2H3. The molecule has 0 saturated heterocycles. The van der Waals surface area contributed by atoms with Crippen molar-refractivity contribution < 1.29 is 0 Å². The van der Waals surface area contributed by atoms with Crippen molar-refractivity contribution in [1.82, 2.24) is 9.13 Å². The molecule has 2 aromatic heterocycles. The van der Waals surface area contributed by atoms with Crippen LogP contribution in [0, 0.1) is 0 Å². The lowest BCUT2D eigenvalue weighted by Gasteiger charge is -2.33. The Kier molecular flexibility index (Phi) is 10.7. The van der Waals surface area contributed by atoms with Crippen LogP contribution in [0.4, 0.5) is 34.1 Å². The average Bonchev–Trinajstić information content (AvgIpc) is 3.99. The molecule has 384 valence electrons. The minimum absolute atomic E-state index is 0.612. The van der Waals surface area contributed by atoms with Crippen molar-refractivity contribution in [2.24, 2.45) is 0 Å². The van der Waals surface area contributed by atoms with Crippen LogP contribution in [0.15, 0.2) is 279 Å². The van der Waals surface area contributed by atoms with Crippen LogP contribution >= 0.6 is 0 Å². The third-order valence-corrected chi connectivity index (χ3v) is 17.7. The molecule has 0 N–H and O–H groups in total. The van der Waals surface area contributed by atoms with E-state index < -0.39 is 5.41 Å². The van der Waals surface area contributed by atoms with E-state index in [1.165, 1.54) is 110 Å². The van der Waals surface area contributed by atoms with Crippen molar-refractivity contribution in [3.8, 4) is 44.5 Å². The van der Waals surface area contributed by atoms with Crippen LogP contribution in [0.25, 0.3) is 88.1 Å². The molecule has 1 spiro atoms. The maximum Gasteiger partial charge on any atom is 0.0727 e. The Bertz CT molecular complexity index is 4480. The number of nitrogens with zero attached hydrogens (tertiary/aromatic N) is 4. The molecular weight excluding hydrogens is 981 g/mol. The molecular formula is C77H56N4. The molecule has 2 aliphatic carbocycles. The van der Waals surface area contributed by atoms with Gasteiger partial charge in [-0.25, -0.2) is 0 Å². The molecule has 16 rings (SSSR count). The Morgan fingerprint density at radius 2 is 0.580 bits per heavy atom. The van der Waals surface area contributed by atoms with Gasteiger partial charge in [-0.2, -0.15) is 0 Å². The van der Waals surface area contributed by atoms with Gasteiger partial charge in [-0.15, -0.1) is 0 Å². The van der Waals surface area contributed by atoms with Crippen LogP contribution in [0.3, 0.4) is 0 Å². The summed E-state index contributed by atoms with van der Waals surface area (Å²) in [5, 5.41) is 5.06. The molecule has 0 amide bonds. The van der Waals surface area contributed by atoms with Crippen LogP contribution in [-0.4, -0.2) is 9.13 Å². The number of hydrogen-bond acceptors (Lipinski definition) is 2. The summed E-state index contributed by atoms with van der Waals surface area (Å²) < 4.78 is 4.98. The van der Waals surface area contributed by atoms with E-state index >= 15 is 0 Å². The zero-order chi connectivity index (χ0) is 53.8. The zero-order valence-electron chi connectivity index (χ0n) is 45.3. The van der Waals surface area contributed by atoms with Gasteiger partial charge >= 0.3 is 0 Å². The molecule has 0 unspecified atom stereocenters. The van der Waals surface area contributed by atoms with Crippen molar-refractivity contribution >= 4 is 77.7 Å². The first-order chi connectivity index (χ1) is 40.1. The van der Waals surface area contributed by atoms with Gasteiger partial charge in [0, 0.05) is 79.8 Å². The van der Waals surface area contributed by atoms with E-state index in [4.69, 9.17) is 0 Å². The molecule has 4 nitrogen and oxygen atoms in total. The molecule has 4 heteroatoms. The van der Waals surface area contributed by atoms with Crippen LogP contribution < -0.4 is 9.80 Å². The Morgan fingerprint density at radius 1 is 0.259 bits per heavy atom. The van der Waals surface area contributed by atoms with Gasteiger partial charge in [0.2, 0.25) is 0 Å². The van der Waals surface area contributed by atoms with Gasteiger partial charge in [-0.05, 0) is 166 Å². The highest BCUT2D eigenvalue weighted by Gasteiger charge is 2.52. The van der Waals surface area contributed by atoms with E-state index in [9.17, 15) is 0 Å². The molecule has 12 aromatic carbocycles. The lowest BCUT2D eigenvalue weighted by molar-refractivity contribution is 0.793. The third kappa shape index (κ3) is 7.03. The van der Waals surface area contributed by atoms with E-state index in [1.54, 1.807) is 0 Å². The Morgan fingerprint density at radius 3 is 0.988 bits per heavy atom. The molecule has 0 saturated carbocycles. The number of rotatable bonds is 10. The fourth-order valence-electron chi connectivity index (χ4n) is 14.2. The summed E-state index contributed by atoms with van der Waals surface area (Å²) in [6.45, 7) is 6.23. The maximum absolute atomic E-state index is 2.52. The second-order valence-electron chi connectivity index (χ2n) is 21.7. The summed E-state index contributed by atoms with van der Waals surface area (Å²) in [6.07, 6.45) is 0. The molecule has 0 fully saturated rings. The summed E-state index contributed by atoms with van der Waals surface area (Å²) in [7, 11) is 0. The van der Waals surface area contributed by atoms with Gasteiger partial charge in [0.05, 0.1) is 16.4 Å². The zero-order valence-corrected chi connectivity index (χ0v) is 45.3. The molecule has 14 aromatic rings. The molecule has 0 atom stereocenters. The normalized spacial score (nSPS) is 12.8. The van der Waals surface area contributed by atoms with Crippen molar-refractivity contribution in [3.63, 3.8) is 0 Å². The van der Waals surface area contributed by atoms with E-state index in [1.807, 2.05) is 0 Å². The lowest BCUT2D eigenvalue weighted by atomic mass is 9.70. The molecule has 0 aliphatic heterocycles. The van der Waals surface area contributed by atoms with Gasteiger partial charge in [-0.1, -0.05) is 194 Å². The summed E-state index contributed by atoms with van der Waals surface area (Å²) in [5.74, 6) is 0. The van der Waals surface area contributed by atoms with Crippen LogP contribution in [0.2, 0.25) is 0 Å². The van der Waals surface area contributed by atoms with E-state index in [-0.39, 0.29) is 0 Å². The molecule has 2 aliphatic rings.